The highest BCUT2D eigenvalue weighted by Crippen LogP contribution is 2.32. The number of nitrogens with zero attached hydrogens (tertiary/aromatic N) is 2. The lowest BCUT2D eigenvalue weighted by Gasteiger charge is -2.30. The fourth-order valence-electron chi connectivity index (χ4n) is 4.44. The molecule has 1 fully saturated rings. The van der Waals surface area contributed by atoms with E-state index in [0.29, 0.717) is 12.5 Å². The third-order valence-corrected chi connectivity index (χ3v) is 6.09. The predicted octanol–water partition coefficient (Wildman–Crippen LogP) is 5.14. The molecule has 0 saturated heterocycles. The van der Waals surface area contributed by atoms with Crippen LogP contribution in [0, 0.1) is 0 Å². The number of fused-ring (bicyclic) bond motifs is 1. The molecule has 1 saturated carbocycles. The van der Waals surface area contributed by atoms with Crippen molar-refractivity contribution in [2.24, 2.45) is 0 Å². The quantitative estimate of drug-likeness (QED) is 0.531. The number of benzene rings is 2. The van der Waals surface area contributed by atoms with Gasteiger partial charge in [0.15, 0.2) is 0 Å². The highest BCUT2D eigenvalue weighted by molar-refractivity contribution is 5.82. The van der Waals surface area contributed by atoms with Crippen LogP contribution in [0.15, 0.2) is 54.6 Å². The summed E-state index contributed by atoms with van der Waals surface area (Å²) in [6, 6.07) is 17.8. The first-order valence-electron chi connectivity index (χ1n) is 12.0. The molecule has 0 radical (unpaired) electrons. The van der Waals surface area contributed by atoms with Crippen LogP contribution in [0.5, 0.6) is 0 Å². The molecule has 0 aliphatic heterocycles. The molecule has 2 amide bonds. The molecule has 1 aromatic heterocycles. The van der Waals surface area contributed by atoms with Crippen molar-refractivity contribution in [3.63, 3.8) is 0 Å². The number of rotatable bonds is 6. The van der Waals surface area contributed by atoms with Crippen molar-refractivity contribution in [3.8, 4) is 0 Å². The Morgan fingerprint density at radius 2 is 1.71 bits per heavy atom. The average molecular weight is 463 g/mol. The Morgan fingerprint density at radius 3 is 2.38 bits per heavy atom. The lowest BCUT2D eigenvalue weighted by Crippen LogP contribution is -2.46. The van der Waals surface area contributed by atoms with E-state index in [9.17, 15) is 9.59 Å². The summed E-state index contributed by atoms with van der Waals surface area (Å²) in [6.45, 7) is 5.76. The standard InChI is InChI=1S/C27H34N4O3/c1-27(2,3)34-26(33)31(17-19-9-5-4-6-10-19)18-24(32)28-21-15-13-20(14-16-21)25-29-22-11-7-8-12-23(22)30-25/h4-12,20-21H,13-18H2,1-3H3,(H,28,32)(H,29,30). The molecule has 0 spiro atoms. The van der Waals surface area contributed by atoms with Gasteiger partial charge in [0, 0.05) is 18.5 Å². The first-order valence-corrected chi connectivity index (χ1v) is 12.0. The predicted molar refractivity (Wildman–Crippen MR) is 132 cm³/mol. The topological polar surface area (TPSA) is 87.3 Å². The summed E-state index contributed by atoms with van der Waals surface area (Å²) >= 11 is 0. The van der Waals surface area contributed by atoms with Crippen molar-refractivity contribution in [1.29, 1.82) is 0 Å². The van der Waals surface area contributed by atoms with Crippen molar-refractivity contribution in [2.75, 3.05) is 6.54 Å². The van der Waals surface area contributed by atoms with Gasteiger partial charge in [-0.15, -0.1) is 0 Å². The highest BCUT2D eigenvalue weighted by Gasteiger charge is 2.28. The number of hydrogen-bond acceptors (Lipinski definition) is 4. The molecule has 1 heterocycles. The Balaban J connectivity index is 1.32. The monoisotopic (exact) mass is 462 g/mol. The van der Waals surface area contributed by atoms with E-state index >= 15 is 0 Å². The van der Waals surface area contributed by atoms with Gasteiger partial charge in [-0.3, -0.25) is 9.69 Å². The van der Waals surface area contributed by atoms with Gasteiger partial charge < -0.3 is 15.0 Å². The second-order valence-electron chi connectivity index (χ2n) is 10.1. The van der Waals surface area contributed by atoms with E-state index in [1.165, 1.54) is 4.90 Å². The molecule has 0 bridgehead atoms. The maximum absolute atomic E-state index is 12.9. The number of nitrogens with one attached hydrogen (secondary N) is 2. The van der Waals surface area contributed by atoms with Crippen LogP contribution >= 0.6 is 0 Å². The fourth-order valence-corrected chi connectivity index (χ4v) is 4.44. The van der Waals surface area contributed by atoms with Gasteiger partial charge in [0.25, 0.3) is 0 Å². The molecule has 7 heteroatoms. The number of carbonyl (C=O) groups excluding carboxylic acids is 2. The fraction of sp³-hybridized carbons (Fsp3) is 0.444. The number of amides is 2. The van der Waals surface area contributed by atoms with Crippen LogP contribution < -0.4 is 5.32 Å². The van der Waals surface area contributed by atoms with E-state index in [0.717, 1.165) is 48.1 Å². The van der Waals surface area contributed by atoms with Crippen molar-refractivity contribution < 1.29 is 14.3 Å². The Hall–Kier alpha value is -3.35. The van der Waals surface area contributed by atoms with Crippen LogP contribution in [0.2, 0.25) is 0 Å². The number of carbonyl (C=O) groups is 2. The van der Waals surface area contributed by atoms with E-state index in [2.05, 4.69) is 10.3 Å². The minimum Gasteiger partial charge on any atom is -0.444 e. The summed E-state index contributed by atoms with van der Waals surface area (Å²) in [5.41, 5.74) is 2.38. The van der Waals surface area contributed by atoms with E-state index < -0.39 is 11.7 Å². The lowest BCUT2D eigenvalue weighted by molar-refractivity contribution is -0.123. The maximum atomic E-state index is 12.9. The molecule has 2 aromatic carbocycles. The smallest absolute Gasteiger partial charge is 0.411 e. The minimum absolute atomic E-state index is 0.0344. The summed E-state index contributed by atoms with van der Waals surface area (Å²) < 4.78 is 5.55. The molecule has 34 heavy (non-hydrogen) atoms. The van der Waals surface area contributed by atoms with Gasteiger partial charge in [-0.05, 0) is 64.2 Å². The Morgan fingerprint density at radius 1 is 1.03 bits per heavy atom. The first-order chi connectivity index (χ1) is 16.3. The number of aromatic amines is 1. The van der Waals surface area contributed by atoms with Gasteiger partial charge >= 0.3 is 6.09 Å². The van der Waals surface area contributed by atoms with Crippen LogP contribution in [0.4, 0.5) is 4.79 Å². The maximum Gasteiger partial charge on any atom is 0.411 e. The second kappa shape index (κ2) is 10.3. The van der Waals surface area contributed by atoms with Crippen molar-refractivity contribution in [1.82, 2.24) is 20.2 Å². The first kappa shape index (κ1) is 23.8. The van der Waals surface area contributed by atoms with Crippen LogP contribution in [-0.2, 0) is 16.1 Å². The molecular weight excluding hydrogens is 428 g/mol. The zero-order chi connectivity index (χ0) is 24.1. The van der Waals surface area contributed by atoms with Crippen molar-refractivity contribution >= 4 is 23.0 Å². The van der Waals surface area contributed by atoms with Gasteiger partial charge in [-0.2, -0.15) is 0 Å². The van der Waals surface area contributed by atoms with Crippen LogP contribution in [0.25, 0.3) is 11.0 Å². The van der Waals surface area contributed by atoms with E-state index in [4.69, 9.17) is 9.72 Å². The van der Waals surface area contributed by atoms with Gasteiger partial charge in [-0.25, -0.2) is 9.78 Å². The molecule has 0 unspecified atom stereocenters. The van der Waals surface area contributed by atoms with E-state index in [1.54, 1.807) is 0 Å². The Kier molecular flexibility index (Phi) is 7.20. The Labute approximate surface area is 200 Å². The average Bonchev–Trinajstić information content (AvgIpc) is 3.23. The normalized spacial score (nSPS) is 18.4. The summed E-state index contributed by atoms with van der Waals surface area (Å²) in [7, 11) is 0. The van der Waals surface area contributed by atoms with Gasteiger partial charge in [-0.1, -0.05) is 42.5 Å². The third-order valence-electron chi connectivity index (χ3n) is 6.09. The van der Waals surface area contributed by atoms with Crippen LogP contribution in [-0.4, -0.2) is 45.1 Å². The zero-order valence-electron chi connectivity index (χ0n) is 20.2. The molecule has 4 rings (SSSR count). The molecule has 2 N–H and O–H groups in total. The summed E-state index contributed by atoms with van der Waals surface area (Å²) in [4.78, 5) is 35.3. The zero-order valence-corrected chi connectivity index (χ0v) is 20.2. The van der Waals surface area contributed by atoms with E-state index in [-0.39, 0.29) is 18.5 Å². The SMILES string of the molecule is CC(C)(C)OC(=O)N(CC(=O)NC1CCC(c2nc3ccccc3[nH]2)CC1)Cc1ccccc1. The van der Waals surface area contributed by atoms with Crippen molar-refractivity contribution in [3.05, 3.63) is 66.0 Å². The summed E-state index contributed by atoms with van der Waals surface area (Å²) in [5, 5.41) is 3.13. The second-order valence-corrected chi connectivity index (χ2v) is 10.1. The van der Waals surface area contributed by atoms with Gasteiger partial charge in [0.2, 0.25) is 5.91 Å². The highest BCUT2D eigenvalue weighted by atomic mass is 16.6. The molecule has 3 aromatic rings. The molecular formula is C27H34N4O3. The van der Waals surface area contributed by atoms with Gasteiger partial charge in [0.1, 0.15) is 18.0 Å². The van der Waals surface area contributed by atoms with Crippen molar-refractivity contribution in [2.45, 2.75) is 70.6 Å². The summed E-state index contributed by atoms with van der Waals surface area (Å²) in [5.74, 6) is 1.25. The van der Waals surface area contributed by atoms with Gasteiger partial charge in [0.05, 0.1) is 11.0 Å². The minimum atomic E-state index is -0.627. The molecule has 7 nitrogen and oxygen atoms in total. The molecule has 1 aliphatic carbocycles. The molecule has 0 atom stereocenters. The molecule has 180 valence electrons. The van der Waals surface area contributed by atoms with E-state index in [1.807, 2.05) is 75.4 Å². The van der Waals surface area contributed by atoms with Crippen LogP contribution in [0.1, 0.15) is 63.8 Å². The summed E-state index contributed by atoms with van der Waals surface area (Å²) in [6.07, 6.45) is 3.21. The molecule has 1 aliphatic rings. The third kappa shape index (κ3) is 6.37. The lowest BCUT2D eigenvalue weighted by atomic mass is 9.85. The number of para-hydroxylation sites is 2. The number of ether oxygens (including phenoxy) is 1. The number of aromatic nitrogens is 2. The number of imidazole rings is 1. The Bertz CT molecular complexity index is 1080. The largest absolute Gasteiger partial charge is 0.444 e. The number of hydrogen-bond donors (Lipinski definition) is 2. The van der Waals surface area contributed by atoms with Crippen LogP contribution in [0.3, 0.4) is 0 Å². The number of H-pyrrole nitrogens is 1.